The molecule has 0 fully saturated rings. The number of halogens is 1. The van der Waals surface area contributed by atoms with Crippen LogP contribution in [0, 0.1) is 0 Å². The number of ether oxygens (including phenoxy) is 2. The van der Waals surface area contributed by atoms with Gasteiger partial charge >= 0.3 is 5.97 Å². The van der Waals surface area contributed by atoms with Crippen LogP contribution in [0.1, 0.15) is 13.3 Å². The number of rotatable bonds is 8. The topological polar surface area (TPSA) is 38.8 Å². The molecule has 19 heavy (non-hydrogen) atoms. The molecule has 106 valence electrons. The first kappa shape index (κ1) is 16.0. The molecule has 0 spiro atoms. The first-order chi connectivity index (χ1) is 9.15. The van der Waals surface area contributed by atoms with E-state index in [1.165, 1.54) is 7.11 Å². The van der Waals surface area contributed by atoms with Gasteiger partial charge in [-0.3, -0.25) is 9.69 Å². The highest BCUT2D eigenvalue weighted by Gasteiger charge is 2.06. The lowest BCUT2D eigenvalue weighted by atomic mass is 10.3. The van der Waals surface area contributed by atoms with Crippen molar-refractivity contribution in [3.8, 4) is 5.75 Å². The zero-order valence-electron chi connectivity index (χ0n) is 11.4. The Morgan fingerprint density at radius 2 is 1.95 bits per heavy atom. The lowest BCUT2D eigenvalue weighted by Gasteiger charge is -2.19. The maximum Gasteiger partial charge on any atom is 0.306 e. The Bertz CT molecular complexity index is 381. The van der Waals surface area contributed by atoms with Gasteiger partial charge in [-0.05, 0) is 30.8 Å². The average Bonchev–Trinajstić information content (AvgIpc) is 2.44. The monoisotopic (exact) mass is 329 g/mol. The molecule has 0 N–H and O–H groups in total. The molecule has 1 aromatic rings. The maximum absolute atomic E-state index is 11.1. The van der Waals surface area contributed by atoms with Crippen molar-refractivity contribution < 1.29 is 14.3 Å². The normalized spacial score (nSPS) is 10.5. The first-order valence-electron chi connectivity index (χ1n) is 6.33. The van der Waals surface area contributed by atoms with E-state index in [0.717, 1.165) is 23.3 Å². The largest absolute Gasteiger partial charge is 0.492 e. The molecule has 0 radical (unpaired) electrons. The summed E-state index contributed by atoms with van der Waals surface area (Å²) in [6.07, 6.45) is 0.419. The van der Waals surface area contributed by atoms with Crippen LogP contribution in [0.25, 0.3) is 0 Å². The molecule has 0 saturated carbocycles. The minimum absolute atomic E-state index is 0.174. The number of carbonyl (C=O) groups is 1. The maximum atomic E-state index is 11.1. The van der Waals surface area contributed by atoms with Crippen LogP contribution in [0.2, 0.25) is 0 Å². The Balaban J connectivity index is 2.25. The van der Waals surface area contributed by atoms with Gasteiger partial charge in [0.05, 0.1) is 13.5 Å². The van der Waals surface area contributed by atoms with Gasteiger partial charge in [-0.2, -0.15) is 0 Å². The minimum Gasteiger partial charge on any atom is -0.492 e. The highest BCUT2D eigenvalue weighted by molar-refractivity contribution is 9.10. The zero-order chi connectivity index (χ0) is 14.1. The number of methoxy groups -OCH3 is 1. The number of esters is 1. The van der Waals surface area contributed by atoms with Crippen LogP contribution in [0.4, 0.5) is 0 Å². The molecule has 0 aliphatic rings. The first-order valence-corrected chi connectivity index (χ1v) is 7.12. The molecule has 0 heterocycles. The van der Waals surface area contributed by atoms with Gasteiger partial charge in [-0.25, -0.2) is 0 Å². The van der Waals surface area contributed by atoms with E-state index in [-0.39, 0.29) is 5.97 Å². The van der Waals surface area contributed by atoms with Crippen molar-refractivity contribution >= 4 is 21.9 Å². The molecular weight excluding hydrogens is 310 g/mol. The van der Waals surface area contributed by atoms with Crippen LogP contribution >= 0.6 is 15.9 Å². The minimum atomic E-state index is -0.174. The molecular formula is C14H20BrNO3. The van der Waals surface area contributed by atoms with Crippen LogP contribution in [0.15, 0.2) is 28.7 Å². The zero-order valence-corrected chi connectivity index (χ0v) is 13.0. The molecule has 0 amide bonds. The smallest absolute Gasteiger partial charge is 0.306 e. The Morgan fingerprint density at radius 1 is 1.26 bits per heavy atom. The summed E-state index contributed by atoms with van der Waals surface area (Å²) in [6.45, 7) is 5.06. The second-order valence-corrected chi connectivity index (χ2v) is 4.98. The Morgan fingerprint density at radius 3 is 2.53 bits per heavy atom. The lowest BCUT2D eigenvalue weighted by molar-refractivity contribution is -0.141. The summed E-state index contributed by atoms with van der Waals surface area (Å²) in [5.74, 6) is 0.680. The fourth-order valence-electron chi connectivity index (χ4n) is 1.60. The molecule has 4 nitrogen and oxygen atoms in total. The van der Waals surface area contributed by atoms with E-state index < -0.39 is 0 Å². The molecule has 1 aromatic carbocycles. The molecule has 5 heteroatoms. The summed E-state index contributed by atoms with van der Waals surface area (Å²) >= 11 is 3.38. The van der Waals surface area contributed by atoms with Crippen molar-refractivity contribution in [1.29, 1.82) is 0 Å². The van der Waals surface area contributed by atoms with E-state index in [9.17, 15) is 4.79 Å². The van der Waals surface area contributed by atoms with Crippen LogP contribution in [-0.2, 0) is 9.53 Å². The highest BCUT2D eigenvalue weighted by Crippen LogP contribution is 2.15. The van der Waals surface area contributed by atoms with Crippen molar-refractivity contribution in [3.63, 3.8) is 0 Å². The molecule has 0 atom stereocenters. The third kappa shape index (κ3) is 6.59. The van der Waals surface area contributed by atoms with Gasteiger partial charge in [-0.15, -0.1) is 0 Å². The number of hydrogen-bond acceptors (Lipinski definition) is 4. The van der Waals surface area contributed by atoms with Gasteiger partial charge in [0.15, 0.2) is 0 Å². The van der Waals surface area contributed by atoms with Gasteiger partial charge in [-0.1, -0.05) is 22.9 Å². The Kier molecular flexibility index (Phi) is 7.52. The molecule has 1 rings (SSSR count). The standard InChI is InChI=1S/C14H20BrNO3/c1-3-16(9-8-14(17)18-2)10-11-19-13-6-4-12(15)5-7-13/h4-7H,3,8-11H2,1-2H3. The van der Waals surface area contributed by atoms with Crippen molar-refractivity contribution in [2.75, 3.05) is 33.4 Å². The van der Waals surface area contributed by atoms with Crippen molar-refractivity contribution in [1.82, 2.24) is 4.90 Å². The number of carbonyl (C=O) groups excluding carboxylic acids is 1. The van der Waals surface area contributed by atoms with Gasteiger partial charge in [0.2, 0.25) is 0 Å². The van der Waals surface area contributed by atoms with E-state index in [4.69, 9.17) is 4.74 Å². The Hall–Kier alpha value is -1.07. The predicted octanol–water partition coefficient (Wildman–Crippen LogP) is 2.71. The average molecular weight is 330 g/mol. The molecule has 0 unspecified atom stereocenters. The second kappa shape index (κ2) is 8.93. The number of hydrogen-bond donors (Lipinski definition) is 0. The van der Waals surface area contributed by atoms with Crippen molar-refractivity contribution in [2.24, 2.45) is 0 Å². The summed E-state index contributed by atoms with van der Waals surface area (Å²) in [6, 6.07) is 7.75. The van der Waals surface area contributed by atoms with Gasteiger partial charge in [0, 0.05) is 17.6 Å². The van der Waals surface area contributed by atoms with Crippen molar-refractivity contribution in [3.05, 3.63) is 28.7 Å². The number of nitrogens with zero attached hydrogens (tertiary/aromatic N) is 1. The molecule has 0 aliphatic carbocycles. The van der Waals surface area contributed by atoms with Crippen LogP contribution in [0.5, 0.6) is 5.75 Å². The SMILES string of the molecule is CCN(CCOc1ccc(Br)cc1)CCC(=O)OC. The van der Waals surface area contributed by atoms with E-state index >= 15 is 0 Å². The third-order valence-electron chi connectivity index (χ3n) is 2.80. The van der Waals surface area contributed by atoms with Crippen LogP contribution in [0.3, 0.4) is 0 Å². The molecule has 0 aliphatic heterocycles. The van der Waals surface area contributed by atoms with Crippen LogP contribution < -0.4 is 4.74 Å². The van der Waals surface area contributed by atoms with E-state index in [0.29, 0.717) is 19.6 Å². The number of likely N-dealkylation sites (N-methyl/N-ethyl adjacent to an activating group) is 1. The summed E-state index contributed by atoms with van der Waals surface area (Å²) in [5, 5.41) is 0. The van der Waals surface area contributed by atoms with Gasteiger partial charge in [0.25, 0.3) is 0 Å². The third-order valence-corrected chi connectivity index (χ3v) is 3.33. The summed E-state index contributed by atoms with van der Waals surface area (Å²) in [7, 11) is 1.41. The van der Waals surface area contributed by atoms with Gasteiger partial charge < -0.3 is 9.47 Å². The van der Waals surface area contributed by atoms with E-state index in [1.807, 2.05) is 24.3 Å². The van der Waals surface area contributed by atoms with E-state index in [1.54, 1.807) is 0 Å². The van der Waals surface area contributed by atoms with Gasteiger partial charge in [0.1, 0.15) is 12.4 Å². The molecule has 0 aromatic heterocycles. The predicted molar refractivity (Wildman–Crippen MR) is 78.4 cm³/mol. The van der Waals surface area contributed by atoms with Crippen molar-refractivity contribution in [2.45, 2.75) is 13.3 Å². The molecule has 0 bridgehead atoms. The second-order valence-electron chi connectivity index (χ2n) is 4.06. The fraction of sp³-hybridized carbons (Fsp3) is 0.500. The Labute approximate surface area is 122 Å². The summed E-state index contributed by atoms with van der Waals surface area (Å²) in [4.78, 5) is 13.2. The number of benzene rings is 1. The quantitative estimate of drug-likeness (QED) is 0.687. The van der Waals surface area contributed by atoms with Crippen LogP contribution in [-0.4, -0.2) is 44.2 Å². The summed E-state index contributed by atoms with van der Waals surface area (Å²) < 4.78 is 11.3. The fourth-order valence-corrected chi connectivity index (χ4v) is 1.87. The lowest BCUT2D eigenvalue weighted by Crippen LogP contribution is -2.30. The summed E-state index contributed by atoms with van der Waals surface area (Å²) in [5.41, 5.74) is 0. The molecule has 0 saturated heterocycles. The highest BCUT2D eigenvalue weighted by atomic mass is 79.9. The van der Waals surface area contributed by atoms with E-state index in [2.05, 4.69) is 32.5 Å².